The summed E-state index contributed by atoms with van der Waals surface area (Å²) in [5.74, 6) is 0.465. The zero-order valence-electron chi connectivity index (χ0n) is 19.0. The molecule has 0 spiro atoms. The van der Waals surface area contributed by atoms with Crippen LogP contribution in [0, 0.1) is 5.92 Å². The summed E-state index contributed by atoms with van der Waals surface area (Å²) >= 11 is 0. The molecule has 174 valence electrons. The largest absolute Gasteiger partial charge is 0.463 e. The quantitative estimate of drug-likeness (QED) is 0.185. The van der Waals surface area contributed by atoms with Gasteiger partial charge in [0.05, 0.1) is 59.5 Å². The second kappa shape index (κ2) is 23.5. The summed E-state index contributed by atoms with van der Waals surface area (Å²) < 4.78 is 32.3. The smallest absolute Gasteiger partial charge is 0.305 e. The highest BCUT2D eigenvalue weighted by molar-refractivity contribution is 5.69. The van der Waals surface area contributed by atoms with Crippen LogP contribution < -0.4 is 0 Å². The van der Waals surface area contributed by atoms with E-state index in [-0.39, 0.29) is 5.97 Å². The Hall–Kier alpha value is -0.730. The summed E-state index contributed by atoms with van der Waals surface area (Å²) in [7, 11) is 0. The molecule has 0 saturated carbocycles. The van der Waals surface area contributed by atoms with Gasteiger partial charge in [0, 0.05) is 13.0 Å². The minimum absolute atomic E-state index is 0.138. The van der Waals surface area contributed by atoms with E-state index >= 15 is 0 Å². The molecular weight excluding hydrogens is 376 g/mol. The van der Waals surface area contributed by atoms with Crippen LogP contribution in [0.4, 0.5) is 0 Å². The van der Waals surface area contributed by atoms with Gasteiger partial charge in [-0.15, -0.1) is 0 Å². The highest BCUT2D eigenvalue weighted by atomic mass is 16.6. The third-order valence-corrected chi connectivity index (χ3v) is 4.31. The highest BCUT2D eigenvalue weighted by Crippen LogP contribution is 2.03. The number of hydrogen-bond donors (Lipinski definition) is 0. The van der Waals surface area contributed by atoms with E-state index in [0.717, 1.165) is 25.9 Å². The number of carbonyl (C=O) groups excluding carboxylic acids is 1. The fourth-order valence-electron chi connectivity index (χ4n) is 2.26. The summed E-state index contributed by atoms with van der Waals surface area (Å²) in [6.45, 7) is 12.4. The van der Waals surface area contributed by atoms with E-state index in [2.05, 4.69) is 20.8 Å². The summed E-state index contributed by atoms with van der Waals surface area (Å²) in [4.78, 5) is 11.5. The van der Waals surface area contributed by atoms with Gasteiger partial charge in [0.2, 0.25) is 0 Å². The van der Waals surface area contributed by atoms with E-state index in [0.29, 0.717) is 78.4 Å². The van der Waals surface area contributed by atoms with Crippen LogP contribution in [0.15, 0.2) is 0 Å². The Labute approximate surface area is 177 Å². The van der Waals surface area contributed by atoms with E-state index in [1.165, 1.54) is 12.8 Å². The van der Waals surface area contributed by atoms with Crippen LogP contribution in [-0.2, 0) is 33.2 Å². The van der Waals surface area contributed by atoms with E-state index in [1.54, 1.807) is 0 Å². The Kier molecular flexibility index (Phi) is 23.0. The summed E-state index contributed by atoms with van der Waals surface area (Å²) in [5.41, 5.74) is 0. The molecule has 0 aliphatic carbocycles. The monoisotopic (exact) mass is 420 g/mol. The molecule has 0 heterocycles. The first-order valence-electron chi connectivity index (χ1n) is 11.2. The maximum absolute atomic E-state index is 11.5. The fraction of sp³-hybridized carbons (Fsp3) is 0.955. The van der Waals surface area contributed by atoms with Crippen molar-refractivity contribution in [3.05, 3.63) is 0 Å². The lowest BCUT2D eigenvalue weighted by molar-refractivity contribution is -0.145. The van der Waals surface area contributed by atoms with Crippen LogP contribution in [0.5, 0.6) is 0 Å². The van der Waals surface area contributed by atoms with Crippen molar-refractivity contribution in [2.24, 2.45) is 5.92 Å². The number of esters is 1. The fourth-order valence-corrected chi connectivity index (χ4v) is 2.26. The first kappa shape index (κ1) is 28.3. The minimum Gasteiger partial charge on any atom is -0.463 e. The lowest BCUT2D eigenvalue weighted by Crippen LogP contribution is -2.15. The van der Waals surface area contributed by atoms with Gasteiger partial charge < -0.3 is 28.4 Å². The predicted molar refractivity (Wildman–Crippen MR) is 113 cm³/mol. The first-order valence-corrected chi connectivity index (χ1v) is 11.2. The molecule has 0 N–H and O–H groups in total. The van der Waals surface area contributed by atoms with Crippen LogP contribution in [0.3, 0.4) is 0 Å². The topological polar surface area (TPSA) is 72.5 Å². The average molecular weight is 421 g/mol. The second-order valence-corrected chi connectivity index (χ2v) is 7.07. The zero-order chi connectivity index (χ0) is 21.4. The van der Waals surface area contributed by atoms with Crippen molar-refractivity contribution in [3.63, 3.8) is 0 Å². The molecule has 7 heteroatoms. The Morgan fingerprint density at radius 2 is 1.14 bits per heavy atom. The zero-order valence-corrected chi connectivity index (χ0v) is 19.0. The number of carbonyl (C=O) groups is 1. The maximum Gasteiger partial charge on any atom is 0.305 e. The van der Waals surface area contributed by atoms with Crippen molar-refractivity contribution in [2.45, 2.75) is 59.3 Å². The third-order valence-electron chi connectivity index (χ3n) is 4.31. The minimum atomic E-state index is -0.138. The molecule has 0 aromatic rings. The number of rotatable bonds is 23. The van der Waals surface area contributed by atoms with Crippen molar-refractivity contribution in [1.29, 1.82) is 0 Å². The Morgan fingerprint density at radius 1 is 0.655 bits per heavy atom. The summed E-state index contributed by atoms with van der Waals surface area (Å²) in [6.07, 6.45) is 5.97. The van der Waals surface area contributed by atoms with Crippen LogP contribution in [0.1, 0.15) is 59.3 Å². The first-order chi connectivity index (χ1) is 14.2. The van der Waals surface area contributed by atoms with Crippen molar-refractivity contribution in [2.75, 3.05) is 72.7 Å². The summed E-state index contributed by atoms with van der Waals surface area (Å²) in [6, 6.07) is 0. The van der Waals surface area contributed by atoms with Gasteiger partial charge in [-0.1, -0.05) is 46.5 Å². The second-order valence-electron chi connectivity index (χ2n) is 7.07. The van der Waals surface area contributed by atoms with E-state index < -0.39 is 0 Å². The van der Waals surface area contributed by atoms with Crippen LogP contribution in [0.25, 0.3) is 0 Å². The molecule has 0 radical (unpaired) electrons. The van der Waals surface area contributed by atoms with Crippen molar-refractivity contribution >= 4 is 5.97 Å². The van der Waals surface area contributed by atoms with Gasteiger partial charge in [0.1, 0.15) is 6.61 Å². The van der Waals surface area contributed by atoms with Gasteiger partial charge in [-0.2, -0.15) is 0 Å². The van der Waals surface area contributed by atoms with Gasteiger partial charge in [-0.25, -0.2) is 0 Å². The molecule has 0 amide bonds. The van der Waals surface area contributed by atoms with Gasteiger partial charge in [-0.05, 0) is 12.3 Å². The molecule has 0 fully saturated rings. The molecule has 0 rings (SSSR count). The molecule has 7 nitrogen and oxygen atoms in total. The molecule has 0 aliphatic rings. The van der Waals surface area contributed by atoms with Gasteiger partial charge >= 0.3 is 5.97 Å². The molecular formula is C22H44O7. The Bertz CT molecular complexity index is 339. The molecule has 0 aromatic heterocycles. The van der Waals surface area contributed by atoms with Crippen LogP contribution in [0.2, 0.25) is 0 Å². The van der Waals surface area contributed by atoms with E-state index in [1.807, 2.05) is 0 Å². The SMILES string of the molecule is CCCCCCC(=O)OCCOCCOCCOCCOCCOCC(C)CC. The van der Waals surface area contributed by atoms with Crippen LogP contribution in [-0.4, -0.2) is 78.6 Å². The van der Waals surface area contributed by atoms with Crippen LogP contribution >= 0.6 is 0 Å². The molecule has 1 unspecified atom stereocenters. The average Bonchev–Trinajstić information content (AvgIpc) is 2.73. The molecule has 29 heavy (non-hydrogen) atoms. The lowest BCUT2D eigenvalue weighted by Gasteiger charge is -2.10. The Balaban J connectivity index is 3.11. The number of unbranched alkanes of at least 4 members (excludes halogenated alkanes) is 3. The van der Waals surface area contributed by atoms with Crippen molar-refractivity contribution in [1.82, 2.24) is 0 Å². The lowest BCUT2D eigenvalue weighted by atomic mass is 10.1. The molecule has 0 bridgehead atoms. The normalized spacial score (nSPS) is 12.2. The Morgan fingerprint density at radius 3 is 1.62 bits per heavy atom. The highest BCUT2D eigenvalue weighted by Gasteiger charge is 2.02. The summed E-state index contributed by atoms with van der Waals surface area (Å²) in [5, 5.41) is 0. The molecule has 0 aromatic carbocycles. The molecule has 1 atom stereocenters. The molecule has 0 saturated heterocycles. The van der Waals surface area contributed by atoms with Crippen molar-refractivity contribution in [3.8, 4) is 0 Å². The van der Waals surface area contributed by atoms with Gasteiger partial charge in [-0.3, -0.25) is 4.79 Å². The molecule has 0 aliphatic heterocycles. The van der Waals surface area contributed by atoms with Crippen molar-refractivity contribution < 1.29 is 33.2 Å². The third kappa shape index (κ3) is 23.4. The maximum atomic E-state index is 11.5. The number of hydrogen-bond acceptors (Lipinski definition) is 7. The van der Waals surface area contributed by atoms with Gasteiger partial charge in [0.25, 0.3) is 0 Å². The van der Waals surface area contributed by atoms with E-state index in [9.17, 15) is 4.79 Å². The number of ether oxygens (including phenoxy) is 6. The van der Waals surface area contributed by atoms with E-state index in [4.69, 9.17) is 28.4 Å². The predicted octanol–water partition coefficient (Wildman–Crippen LogP) is 3.63. The van der Waals surface area contributed by atoms with Gasteiger partial charge in [0.15, 0.2) is 0 Å². The standard InChI is InChI=1S/C22H44O7/c1-4-6-7-8-9-22(23)29-19-18-27-15-14-25-11-10-24-12-13-26-16-17-28-20-21(3)5-2/h21H,4-20H2,1-3H3.